The summed E-state index contributed by atoms with van der Waals surface area (Å²) in [6, 6.07) is 9.52. The molecule has 230 valence electrons. The number of alkyl halides is 3. The van der Waals surface area contributed by atoms with Crippen LogP contribution in [-0.2, 0) is 15.7 Å². The molecule has 0 aliphatic carbocycles. The van der Waals surface area contributed by atoms with Crippen LogP contribution >= 0.6 is 0 Å². The molecule has 2 aromatic rings. The molecule has 1 saturated heterocycles. The summed E-state index contributed by atoms with van der Waals surface area (Å²) in [4.78, 5) is 45.2. The van der Waals surface area contributed by atoms with Crippen LogP contribution in [0.5, 0.6) is 5.75 Å². The molecule has 12 heteroatoms. The van der Waals surface area contributed by atoms with E-state index in [1.807, 2.05) is 11.8 Å². The van der Waals surface area contributed by atoms with Gasteiger partial charge in [-0.05, 0) is 49.7 Å². The second-order valence-corrected chi connectivity index (χ2v) is 10.3. The van der Waals surface area contributed by atoms with Crippen molar-refractivity contribution in [1.29, 1.82) is 0 Å². The third-order valence-electron chi connectivity index (χ3n) is 7.48. The summed E-state index contributed by atoms with van der Waals surface area (Å²) in [5.74, 6) is -0.238. The summed E-state index contributed by atoms with van der Waals surface area (Å²) in [6.07, 6.45) is -3.01. The van der Waals surface area contributed by atoms with E-state index < -0.39 is 29.8 Å². The van der Waals surface area contributed by atoms with Gasteiger partial charge in [0.15, 0.2) is 0 Å². The molecule has 0 spiro atoms. The number of urea groups is 1. The van der Waals surface area contributed by atoms with E-state index in [1.165, 1.54) is 30.2 Å². The van der Waals surface area contributed by atoms with E-state index in [0.29, 0.717) is 42.2 Å². The summed E-state index contributed by atoms with van der Waals surface area (Å²) in [6.45, 7) is 8.92. The average Bonchev–Trinajstić information content (AvgIpc) is 2.98. The summed E-state index contributed by atoms with van der Waals surface area (Å²) in [5, 5.41) is 2.76. The maximum absolute atomic E-state index is 13.4. The first kappa shape index (κ1) is 31.6. The number of nitrogens with zero attached hydrogens (tertiary/aromatic N) is 3. The predicted octanol–water partition coefficient (Wildman–Crippen LogP) is 4.63. The van der Waals surface area contributed by atoms with Crippen LogP contribution in [0.25, 0.3) is 0 Å². The zero-order valence-corrected chi connectivity index (χ0v) is 24.3. The molecule has 2 aliphatic rings. The summed E-state index contributed by atoms with van der Waals surface area (Å²) in [7, 11) is 1.54. The van der Waals surface area contributed by atoms with Crippen LogP contribution in [0.3, 0.4) is 0 Å². The minimum absolute atomic E-state index is 0.0623. The van der Waals surface area contributed by atoms with Gasteiger partial charge in [-0.3, -0.25) is 14.6 Å². The van der Waals surface area contributed by atoms with Gasteiger partial charge >= 0.3 is 18.2 Å². The Morgan fingerprint density at radius 2 is 1.86 bits per heavy atom. The fraction of sp³-hybridized carbons (Fsp3) is 0.387. The number of hydrogen-bond acceptors (Lipinski definition) is 6. The van der Waals surface area contributed by atoms with Crippen LogP contribution in [-0.4, -0.2) is 85.1 Å². The van der Waals surface area contributed by atoms with Crippen molar-refractivity contribution in [3.63, 3.8) is 0 Å². The minimum atomic E-state index is -4.53. The molecule has 0 aromatic heterocycles. The van der Waals surface area contributed by atoms with Crippen LogP contribution in [0.2, 0.25) is 0 Å². The second kappa shape index (κ2) is 13.3. The number of ether oxygens (including phenoxy) is 2. The van der Waals surface area contributed by atoms with Crippen LogP contribution < -0.4 is 10.1 Å². The molecule has 9 nitrogen and oxygen atoms in total. The lowest BCUT2D eigenvalue weighted by Crippen LogP contribution is -2.56. The largest absolute Gasteiger partial charge is 0.497 e. The molecule has 0 saturated carbocycles. The van der Waals surface area contributed by atoms with Crippen LogP contribution in [0.4, 0.5) is 18.0 Å². The van der Waals surface area contributed by atoms with E-state index in [2.05, 4.69) is 11.9 Å². The number of nitrogens with one attached hydrogen (secondary N) is 1. The van der Waals surface area contributed by atoms with E-state index in [1.54, 1.807) is 36.1 Å². The zero-order valence-electron chi connectivity index (χ0n) is 24.3. The molecule has 1 fully saturated rings. The fourth-order valence-electron chi connectivity index (χ4n) is 5.37. The topological polar surface area (TPSA) is 91.4 Å². The molecule has 1 N–H and O–H groups in total. The molecule has 2 aliphatic heterocycles. The molecule has 2 heterocycles. The Hall–Kier alpha value is -4.32. The zero-order chi connectivity index (χ0) is 31.3. The lowest BCUT2D eigenvalue weighted by molar-refractivity contribution is -0.139. The van der Waals surface area contributed by atoms with Gasteiger partial charge in [0.1, 0.15) is 5.75 Å². The number of benzene rings is 2. The van der Waals surface area contributed by atoms with Crippen molar-refractivity contribution in [2.75, 3.05) is 46.4 Å². The number of carbonyl (C=O) groups is 3. The van der Waals surface area contributed by atoms with E-state index in [9.17, 15) is 27.6 Å². The third kappa shape index (κ3) is 7.02. The first-order valence-electron chi connectivity index (χ1n) is 13.9. The molecular weight excluding hydrogens is 565 g/mol. The lowest BCUT2D eigenvalue weighted by atomic mass is 9.93. The Kier molecular flexibility index (Phi) is 9.80. The van der Waals surface area contributed by atoms with Crippen LogP contribution in [0.1, 0.15) is 41.4 Å². The van der Waals surface area contributed by atoms with Gasteiger partial charge in [0, 0.05) is 50.0 Å². The minimum Gasteiger partial charge on any atom is -0.497 e. The number of methoxy groups -OCH3 is 1. The first-order valence-corrected chi connectivity index (χ1v) is 13.9. The molecule has 0 bridgehead atoms. The Bertz CT molecular complexity index is 1390. The van der Waals surface area contributed by atoms with Crippen molar-refractivity contribution in [3.05, 3.63) is 89.1 Å². The predicted molar refractivity (Wildman–Crippen MR) is 153 cm³/mol. The number of amides is 3. The molecular formula is C31H35F3N4O5. The van der Waals surface area contributed by atoms with Crippen molar-refractivity contribution in [2.24, 2.45) is 0 Å². The van der Waals surface area contributed by atoms with Gasteiger partial charge in [-0.1, -0.05) is 24.3 Å². The highest BCUT2D eigenvalue weighted by Crippen LogP contribution is 2.35. The van der Waals surface area contributed by atoms with E-state index >= 15 is 0 Å². The smallest absolute Gasteiger partial charge is 0.416 e. The number of carbonyl (C=O) groups excluding carboxylic acids is 3. The van der Waals surface area contributed by atoms with Crippen molar-refractivity contribution >= 4 is 17.9 Å². The third-order valence-corrected chi connectivity index (χ3v) is 7.48. The Morgan fingerprint density at radius 3 is 2.47 bits per heavy atom. The molecule has 2 aromatic carbocycles. The highest BCUT2D eigenvalue weighted by Gasteiger charge is 2.40. The van der Waals surface area contributed by atoms with Gasteiger partial charge in [-0.25, -0.2) is 9.59 Å². The highest BCUT2D eigenvalue weighted by molar-refractivity contribution is 5.96. The fourth-order valence-corrected chi connectivity index (χ4v) is 5.37. The Morgan fingerprint density at radius 1 is 1.14 bits per heavy atom. The van der Waals surface area contributed by atoms with Crippen molar-refractivity contribution in [3.8, 4) is 5.75 Å². The van der Waals surface area contributed by atoms with Gasteiger partial charge in [0.25, 0.3) is 5.91 Å². The van der Waals surface area contributed by atoms with Gasteiger partial charge in [0.2, 0.25) is 0 Å². The number of piperazine rings is 1. The molecule has 2 atom stereocenters. The van der Waals surface area contributed by atoms with Crippen molar-refractivity contribution in [1.82, 2.24) is 20.0 Å². The van der Waals surface area contributed by atoms with Gasteiger partial charge < -0.3 is 19.7 Å². The lowest BCUT2D eigenvalue weighted by Gasteiger charge is -2.43. The molecule has 2 unspecified atom stereocenters. The SMILES string of the molecule is C=CCN1C(=O)NC(c2ccc(C(F)(F)F)cc2)C(C(=O)OCC)=C1CN1CCN(C(=O)c2cccc(OC)c2)C(C)C1. The van der Waals surface area contributed by atoms with Crippen LogP contribution in [0, 0.1) is 0 Å². The van der Waals surface area contributed by atoms with E-state index in [-0.39, 0.29) is 37.2 Å². The van der Waals surface area contributed by atoms with Crippen molar-refractivity contribution in [2.45, 2.75) is 32.1 Å². The summed E-state index contributed by atoms with van der Waals surface area (Å²) in [5.41, 5.74) is 0.468. The maximum Gasteiger partial charge on any atom is 0.416 e. The number of halogens is 3. The van der Waals surface area contributed by atoms with Gasteiger partial charge in [-0.2, -0.15) is 13.2 Å². The Balaban J connectivity index is 1.65. The Labute approximate surface area is 248 Å². The number of esters is 1. The monoisotopic (exact) mass is 600 g/mol. The molecule has 4 rings (SSSR count). The maximum atomic E-state index is 13.4. The normalized spacial score (nSPS) is 19.6. The standard InChI is InChI=1S/C31H35F3N4O5/c1-5-14-38-25(19-36-15-16-37(20(3)18-36)28(39)22-8-7-9-24(17-22)42-4)26(29(40)43-6-2)27(35-30(38)41)21-10-12-23(13-11-21)31(32,33)34/h5,7-13,17,20,27H,1,6,14-16,18-19H2,2-4H3,(H,35,41). The number of rotatable bonds is 9. The molecule has 3 amide bonds. The molecule has 43 heavy (non-hydrogen) atoms. The second-order valence-electron chi connectivity index (χ2n) is 10.3. The van der Waals surface area contributed by atoms with Crippen molar-refractivity contribution < 1.29 is 37.0 Å². The average molecular weight is 601 g/mol. The van der Waals surface area contributed by atoms with Gasteiger partial charge in [0.05, 0.1) is 30.9 Å². The first-order chi connectivity index (χ1) is 20.5. The quantitative estimate of drug-likeness (QED) is 0.334. The highest BCUT2D eigenvalue weighted by atomic mass is 19.4. The van der Waals surface area contributed by atoms with Crippen LogP contribution in [0.15, 0.2) is 72.5 Å². The number of hydrogen-bond donors (Lipinski definition) is 1. The summed E-state index contributed by atoms with van der Waals surface area (Å²) >= 11 is 0. The van der Waals surface area contributed by atoms with Gasteiger partial charge in [-0.15, -0.1) is 6.58 Å². The molecule has 0 radical (unpaired) electrons. The van der Waals surface area contributed by atoms with E-state index in [4.69, 9.17) is 9.47 Å². The van der Waals surface area contributed by atoms with E-state index in [0.717, 1.165) is 12.1 Å². The summed E-state index contributed by atoms with van der Waals surface area (Å²) < 4.78 is 50.3.